The Bertz CT molecular complexity index is 1030. The average Bonchev–Trinajstić information content (AvgIpc) is 3.18. The van der Waals surface area contributed by atoms with Gasteiger partial charge in [0, 0.05) is 31.9 Å². The van der Waals surface area contributed by atoms with Crippen LogP contribution in [0.1, 0.15) is 33.5 Å². The smallest absolute Gasteiger partial charge is 0.264 e. The number of aliphatic hydroxyl groups is 1. The molecule has 1 aromatic carbocycles. The predicted molar refractivity (Wildman–Crippen MR) is 116 cm³/mol. The third-order valence-corrected chi connectivity index (χ3v) is 6.11. The second-order valence-electron chi connectivity index (χ2n) is 8.37. The van der Waals surface area contributed by atoms with Crippen molar-refractivity contribution in [3.63, 3.8) is 0 Å². The molecule has 0 bridgehead atoms. The lowest BCUT2D eigenvalue weighted by atomic mass is 9.95. The molecule has 164 valence electrons. The molecule has 2 aromatic rings. The molecule has 1 unspecified atom stereocenters. The molecule has 2 N–H and O–H groups in total. The molecule has 2 amide bonds. The summed E-state index contributed by atoms with van der Waals surface area (Å²) in [6, 6.07) is 9.61. The Kier molecular flexibility index (Phi) is 6.20. The number of likely N-dealkylation sites (N-methyl/N-ethyl adjacent to an activating group) is 1. The molecule has 2 aliphatic rings. The van der Waals surface area contributed by atoms with E-state index in [0.717, 1.165) is 30.6 Å². The van der Waals surface area contributed by atoms with Crippen LogP contribution < -0.4 is 10.9 Å². The molecule has 1 atom stereocenters. The van der Waals surface area contributed by atoms with Crippen LogP contribution in [0.15, 0.2) is 41.3 Å². The van der Waals surface area contributed by atoms with Crippen molar-refractivity contribution in [3.05, 3.63) is 69.1 Å². The number of pyridine rings is 1. The van der Waals surface area contributed by atoms with Crippen molar-refractivity contribution in [1.29, 1.82) is 0 Å². The molecule has 1 aromatic heterocycles. The number of carbonyl (C=O) groups is 2. The summed E-state index contributed by atoms with van der Waals surface area (Å²) < 4.78 is 1.55. The molecule has 0 spiro atoms. The number of rotatable bonds is 5. The Morgan fingerprint density at radius 1 is 1.19 bits per heavy atom. The first-order valence-electron chi connectivity index (χ1n) is 10.6. The summed E-state index contributed by atoms with van der Waals surface area (Å²) in [5, 5.41) is 12.3. The number of fused-ring (bicyclic) bond motifs is 1. The third kappa shape index (κ3) is 4.55. The zero-order valence-corrected chi connectivity index (χ0v) is 17.7. The SMILES string of the molecule is CN1CCC(NC(=O)c2c3c(cn(Cc4ccccc4)c2=O)CN(C(=O)CO)CC3)C1. The lowest BCUT2D eigenvalue weighted by Crippen LogP contribution is -2.44. The van der Waals surface area contributed by atoms with Gasteiger partial charge in [-0.3, -0.25) is 14.4 Å². The standard InChI is InChI=1S/C23H28N4O4/c1-25-9-7-18(14-25)24-22(30)21-19-8-10-26(20(29)15-28)12-17(19)13-27(23(21)31)11-16-5-3-2-4-6-16/h2-6,13,18,28H,7-12,14-15H2,1H3,(H,24,30). The van der Waals surface area contributed by atoms with Crippen LogP contribution in [-0.4, -0.2) is 70.6 Å². The lowest BCUT2D eigenvalue weighted by molar-refractivity contribution is -0.135. The number of hydrogen-bond donors (Lipinski definition) is 2. The number of nitrogens with zero attached hydrogens (tertiary/aromatic N) is 3. The summed E-state index contributed by atoms with van der Waals surface area (Å²) in [4.78, 5) is 42.3. The van der Waals surface area contributed by atoms with Crippen LogP contribution in [0.2, 0.25) is 0 Å². The average molecular weight is 425 g/mol. The molecule has 4 rings (SSSR count). The van der Waals surface area contributed by atoms with E-state index in [9.17, 15) is 19.5 Å². The van der Waals surface area contributed by atoms with Gasteiger partial charge in [0.25, 0.3) is 11.5 Å². The van der Waals surface area contributed by atoms with Crippen molar-refractivity contribution in [3.8, 4) is 0 Å². The van der Waals surface area contributed by atoms with Crippen LogP contribution in [-0.2, 0) is 24.3 Å². The van der Waals surface area contributed by atoms with Crippen molar-refractivity contribution in [1.82, 2.24) is 19.7 Å². The molecule has 2 aliphatic heterocycles. The van der Waals surface area contributed by atoms with Crippen LogP contribution in [0.5, 0.6) is 0 Å². The second-order valence-corrected chi connectivity index (χ2v) is 8.37. The van der Waals surface area contributed by atoms with E-state index >= 15 is 0 Å². The molecule has 31 heavy (non-hydrogen) atoms. The van der Waals surface area contributed by atoms with E-state index in [1.165, 1.54) is 0 Å². The molecule has 1 fully saturated rings. The molecule has 3 heterocycles. The number of hydrogen-bond acceptors (Lipinski definition) is 5. The van der Waals surface area contributed by atoms with E-state index in [2.05, 4.69) is 10.2 Å². The fourth-order valence-electron chi connectivity index (χ4n) is 4.47. The largest absolute Gasteiger partial charge is 0.387 e. The molecule has 8 heteroatoms. The summed E-state index contributed by atoms with van der Waals surface area (Å²) >= 11 is 0. The zero-order valence-electron chi connectivity index (χ0n) is 17.7. The maximum Gasteiger partial charge on any atom is 0.264 e. The Labute approximate surface area is 181 Å². The maximum atomic E-state index is 13.4. The van der Waals surface area contributed by atoms with Crippen LogP contribution in [0.25, 0.3) is 0 Å². The number of aromatic nitrogens is 1. The van der Waals surface area contributed by atoms with Crippen molar-refractivity contribution in [2.45, 2.75) is 32.0 Å². The Morgan fingerprint density at radius 3 is 2.65 bits per heavy atom. The second kappa shape index (κ2) is 9.03. The first kappa shape index (κ1) is 21.3. The minimum Gasteiger partial charge on any atom is -0.387 e. The summed E-state index contributed by atoms with van der Waals surface area (Å²) in [5.74, 6) is -0.697. The molecule has 1 saturated heterocycles. The molecular formula is C23H28N4O4. The number of benzene rings is 1. The summed E-state index contributed by atoms with van der Waals surface area (Å²) in [5.41, 5.74) is 2.30. The van der Waals surface area contributed by atoms with E-state index in [4.69, 9.17) is 0 Å². The van der Waals surface area contributed by atoms with Crippen LogP contribution in [0.3, 0.4) is 0 Å². The van der Waals surface area contributed by atoms with Gasteiger partial charge in [0.2, 0.25) is 5.91 Å². The molecule has 0 aliphatic carbocycles. The summed E-state index contributed by atoms with van der Waals surface area (Å²) in [6.07, 6.45) is 3.02. The Hall–Kier alpha value is -2.97. The van der Waals surface area contributed by atoms with Gasteiger partial charge in [0.15, 0.2) is 0 Å². The topological polar surface area (TPSA) is 94.9 Å². The molecular weight excluding hydrogens is 396 g/mol. The number of carbonyl (C=O) groups excluding carboxylic acids is 2. The number of nitrogens with one attached hydrogen (secondary N) is 1. The maximum absolute atomic E-state index is 13.4. The van der Waals surface area contributed by atoms with Gasteiger partial charge in [-0.2, -0.15) is 0 Å². The fourth-order valence-corrected chi connectivity index (χ4v) is 4.47. The quantitative estimate of drug-likeness (QED) is 0.716. The van der Waals surface area contributed by atoms with E-state index in [-0.39, 0.29) is 35.5 Å². The molecule has 8 nitrogen and oxygen atoms in total. The highest BCUT2D eigenvalue weighted by molar-refractivity contribution is 5.96. The predicted octanol–water partition coefficient (Wildman–Crippen LogP) is 0.208. The third-order valence-electron chi connectivity index (χ3n) is 6.11. The number of amides is 2. The number of likely N-dealkylation sites (tertiary alicyclic amines) is 1. The van der Waals surface area contributed by atoms with Crippen molar-refractivity contribution < 1.29 is 14.7 Å². The van der Waals surface area contributed by atoms with E-state index in [1.807, 2.05) is 37.4 Å². The van der Waals surface area contributed by atoms with Gasteiger partial charge < -0.3 is 24.8 Å². The first-order valence-corrected chi connectivity index (χ1v) is 10.6. The Morgan fingerprint density at radius 2 is 1.97 bits per heavy atom. The van der Waals surface area contributed by atoms with Gasteiger partial charge in [0.1, 0.15) is 12.2 Å². The monoisotopic (exact) mass is 424 g/mol. The molecule has 0 saturated carbocycles. The first-order chi connectivity index (χ1) is 15.0. The minimum absolute atomic E-state index is 0.0198. The number of aliphatic hydroxyl groups excluding tert-OH is 1. The highest BCUT2D eigenvalue weighted by Crippen LogP contribution is 2.22. The fraction of sp³-hybridized carbons (Fsp3) is 0.435. The van der Waals surface area contributed by atoms with Gasteiger partial charge in [-0.05, 0) is 43.1 Å². The highest BCUT2D eigenvalue weighted by atomic mass is 16.3. The van der Waals surface area contributed by atoms with Gasteiger partial charge in [-0.15, -0.1) is 0 Å². The van der Waals surface area contributed by atoms with Crippen LogP contribution in [0, 0.1) is 0 Å². The zero-order chi connectivity index (χ0) is 22.0. The highest BCUT2D eigenvalue weighted by Gasteiger charge is 2.30. The van der Waals surface area contributed by atoms with Gasteiger partial charge in [-0.1, -0.05) is 30.3 Å². The van der Waals surface area contributed by atoms with Crippen molar-refractivity contribution in [2.75, 3.05) is 33.3 Å². The van der Waals surface area contributed by atoms with E-state index in [0.29, 0.717) is 25.1 Å². The molecule has 0 radical (unpaired) electrons. The van der Waals surface area contributed by atoms with Gasteiger partial charge >= 0.3 is 0 Å². The van der Waals surface area contributed by atoms with Crippen molar-refractivity contribution in [2.24, 2.45) is 0 Å². The normalized spacial score (nSPS) is 18.6. The van der Waals surface area contributed by atoms with Crippen molar-refractivity contribution >= 4 is 11.8 Å². The van der Waals surface area contributed by atoms with E-state index < -0.39 is 6.61 Å². The van der Waals surface area contributed by atoms with Crippen LogP contribution in [0.4, 0.5) is 0 Å². The minimum atomic E-state index is -0.554. The Balaban J connectivity index is 1.71. The van der Waals surface area contributed by atoms with Gasteiger partial charge in [0.05, 0.1) is 6.54 Å². The van der Waals surface area contributed by atoms with Crippen LogP contribution >= 0.6 is 0 Å². The van der Waals surface area contributed by atoms with E-state index in [1.54, 1.807) is 15.7 Å². The summed E-state index contributed by atoms with van der Waals surface area (Å²) in [6.45, 7) is 2.11. The van der Waals surface area contributed by atoms with Gasteiger partial charge in [-0.25, -0.2) is 0 Å². The summed E-state index contributed by atoms with van der Waals surface area (Å²) in [7, 11) is 2.01. The lowest BCUT2D eigenvalue weighted by Gasteiger charge is -2.30.